The first-order valence-electron chi connectivity index (χ1n) is 9.62. The minimum absolute atomic E-state index is 0.106. The molecule has 0 radical (unpaired) electrons. The number of hydrogen-bond acceptors (Lipinski definition) is 4. The first-order chi connectivity index (χ1) is 14.1. The number of piperazine rings is 1. The largest absolute Gasteiger partial charge is 0.419 e. The van der Waals surface area contributed by atoms with Crippen molar-refractivity contribution in [3.63, 3.8) is 0 Å². The van der Waals surface area contributed by atoms with Gasteiger partial charge >= 0.3 is 6.18 Å². The Morgan fingerprint density at radius 2 is 1.97 bits per heavy atom. The van der Waals surface area contributed by atoms with Crippen LogP contribution in [0.4, 0.5) is 19.0 Å². The van der Waals surface area contributed by atoms with Crippen LogP contribution in [0.15, 0.2) is 36.5 Å². The Morgan fingerprint density at radius 3 is 2.63 bits per heavy atom. The van der Waals surface area contributed by atoms with Crippen LogP contribution < -0.4 is 5.73 Å². The Kier molecular flexibility index (Phi) is 6.00. The van der Waals surface area contributed by atoms with Gasteiger partial charge in [0.25, 0.3) is 5.91 Å². The zero-order valence-corrected chi connectivity index (χ0v) is 16.7. The molecule has 1 fully saturated rings. The highest BCUT2D eigenvalue weighted by molar-refractivity contribution is 5.99. The van der Waals surface area contributed by atoms with Crippen LogP contribution in [0.2, 0.25) is 0 Å². The second kappa shape index (κ2) is 8.33. The molecule has 30 heavy (non-hydrogen) atoms. The summed E-state index contributed by atoms with van der Waals surface area (Å²) in [5.41, 5.74) is 5.26. The molecule has 1 aromatic heterocycles. The number of hydrogen-bond donors (Lipinski definition) is 1. The van der Waals surface area contributed by atoms with Crippen molar-refractivity contribution in [3.05, 3.63) is 47.7 Å². The quantitative estimate of drug-likeness (QED) is 0.822. The number of nitrogen functional groups attached to an aromatic ring is 1. The Balaban J connectivity index is 1.94. The number of amides is 2. The van der Waals surface area contributed by atoms with Gasteiger partial charge in [-0.3, -0.25) is 9.59 Å². The van der Waals surface area contributed by atoms with Crippen molar-refractivity contribution in [2.45, 2.75) is 32.0 Å². The molecule has 9 heteroatoms. The molecule has 0 aliphatic carbocycles. The number of halogens is 3. The topological polar surface area (TPSA) is 79.5 Å². The van der Waals surface area contributed by atoms with Crippen molar-refractivity contribution in [1.29, 1.82) is 0 Å². The van der Waals surface area contributed by atoms with E-state index in [0.29, 0.717) is 30.6 Å². The maximum Gasteiger partial charge on any atom is 0.419 e. The number of carbonyl (C=O) groups excluding carboxylic acids is 2. The van der Waals surface area contributed by atoms with Crippen LogP contribution in [0.1, 0.15) is 35.7 Å². The van der Waals surface area contributed by atoms with E-state index in [9.17, 15) is 22.8 Å². The molecule has 2 aromatic rings. The van der Waals surface area contributed by atoms with Gasteiger partial charge in [-0.25, -0.2) is 4.98 Å². The number of nitrogens with zero attached hydrogens (tertiary/aromatic N) is 3. The highest BCUT2D eigenvalue weighted by Gasteiger charge is 2.36. The van der Waals surface area contributed by atoms with E-state index in [1.165, 1.54) is 12.3 Å². The minimum Gasteiger partial charge on any atom is -0.383 e. The third-order valence-corrected chi connectivity index (χ3v) is 5.20. The number of carbonyl (C=O) groups is 2. The van der Waals surface area contributed by atoms with Crippen molar-refractivity contribution < 1.29 is 22.8 Å². The van der Waals surface area contributed by atoms with Gasteiger partial charge in [0.05, 0.1) is 5.56 Å². The van der Waals surface area contributed by atoms with E-state index in [1.54, 1.807) is 35.0 Å². The predicted molar refractivity (Wildman–Crippen MR) is 106 cm³/mol. The zero-order chi connectivity index (χ0) is 22.1. The van der Waals surface area contributed by atoms with Crippen LogP contribution in [0, 0.1) is 0 Å². The molecule has 2 heterocycles. The number of aromatic nitrogens is 1. The molecule has 1 saturated heterocycles. The number of pyridine rings is 1. The Morgan fingerprint density at radius 1 is 1.23 bits per heavy atom. The van der Waals surface area contributed by atoms with Gasteiger partial charge in [0.1, 0.15) is 11.9 Å². The molecule has 1 aromatic carbocycles. The predicted octanol–water partition coefficient (Wildman–Crippen LogP) is 3.43. The summed E-state index contributed by atoms with van der Waals surface area (Å²) in [6.45, 7) is 2.77. The molecule has 6 nitrogen and oxygen atoms in total. The van der Waals surface area contributed by atoms with Gasteiger partial charge in [0.2, 0.25) is 5.91 Å². The van der Waals surface area contributed by atoms with E-state index in [0.717, 1.165) is 12.5 Å². The van der Waals surface area contributed by atoms with Crippen molar-refractivity contribution >= 4 is 17.6 Å². The Hall–Kier alpha value is -3.10. The lowest BCUT2D eigenvalue weighted by Gasteiger charge is -2.39. The highest BCUT2D eigenvalue weighted by atomic mass is 19.4. The summed E-state index contributed by atoms with van der Waals surface area (Å²) in [5, 5.41) is 0. The van der Waals surface area contributed by atoms with Crippen molar-refractivity contribution in [2.24, 2.45) is 0 Å². The number of nitrogens with two attached hydrogens (primary N) is 1. The van der Waals surface area contributed by atoms with Gasteiger partial charge in [0.15, 0.2) is 0 Å². The second-order valence-corrected chi connectivity index (χ2v) is 7.30. The maximum atomic E-state index is 13.2. The van der Waals surface area contributed by atoms with Crippen LogP contribution >= 0.6 is 0 Å². The monoisotopic (exact) mass is 420 g/mol. The summed E-state index contributed by atoms with van der Waals surface area (Å²) >= 11 is 0. The molecule has 1 aliphatic heterocycles. The Labute approximate surface area is 172 Å². The molecule has 2 N–H and O–H groups in total. The van der Waals surface area contributed by atoms with Crippen LogP contribution in [-0.4, -0.2) is 52.8 Å². The van der Waals surface area contributed by atoms with Gasteiger partial charge in [-0.1, -0.05) is 25.5 Å². The first-order valence-corrected chi connectivity index (χ1v) is 9.62. The molecule has 1 atom stereocenters. The molecule has 3 rings (SSSR count). The van der Waals surface area contributed by atoms with Crippen LogP contribution in [0.3, 0.4) is 0 Å². The van der Waals surface area contributed by atoms with Gasteiger partial charge in [-0.15, -0.1) is 0 Å². The van der Waals surface area contributed by atoms with Crippen LogP contribution in [-0.2, 0) is 11.0 Å². The van der Waals surface area contributed by atoms with Crippen molar-refractivity contribution in [1.82, 2.24) is 14.8 Å². The fourth-order valence-electron chi connectivity index (χ4n) is 3.57. The average molecular weight is 420 g/mol. The highest BCUT2D eigenvalue weighted by Crippen LogP contribution is 2.35. The van der Waals surface area contributed by atoms with E-state index in [2.05, 4.69) is 4.98 Å². The lowest BCUT2D eigenvalue weighted by atomic mass is 10.0. The molecule has 160 valence electrons. The molecule has 0 spiro atoms. The number of rotatable bonds is 4. The van der Waals surface area contributed by atoms with Crippen molar-refractivity contribution in [2.75, 3.05) is 25.9 Å². The SMILES string of the molecule is CCCC1C(=O)N(C)CCN1C(=O)c1cccc(-c2cnc(N)c(C(F)(F)F)c2)c1. The lowest BCUT2D eigenvalue weighted by molar-refractivity contribution is -0.139. The fraction of sp³-hybridized carbons (Fsp3) is 0.381. The summed E-state index contributed by atoms with van der Waals surface area (Å²) < 4.78 is 39.5. The van der Waals surface area contributed by atoms with Crippen LogP contribution in [0.5, 0.6) is 0 Å². The van der Waals surface area contributed by atoms with Crippen LogP contribution in [0.25, 0.3) is 11.1 Å². The smallest absolute Gasteiger partial charge is 0.383 e. The average Bonchev–Trinajstić information content (AvgIpc) is 2.71. The summed E-state index contributed by atoms with van der Waals surface area (Å²) in [6, 6.07) is 6.68. The van der Waals surface area contributed by atoms with Gasteiger partial charge in [-0.05, 0) is 30.2 Å². The molecule has 0 bridgehead atoms. The number of benzene rings is 1. The van der Waals surface area contributed by atoms with Gasteiger partial charge in [0, 0.05) is 37.5 Å². The molecule has 2 amide bonds. The Bertz CT molecular complexity index is 962. The normalized spacial score (nSPS) is 17.4. The molecular weight excluding hydrogens is 397 g/mol. The van der Waals surface area contributed by atoms with E-state index < -0.39 is 23.6 Å². The summed E-state index contributed by atoms with van der Waals surface area (Å²) in [7, 11) is 1.71. The number of alkyl halides is 3. The third kappa shape index (κ3) is 4.24. The zero-order valence-electron chi connectivity index (χ0n) is 16.7. The maximum absolute atomic E-state index is 13.2. The lowest BCUT2D eigenvalue weighted by Crippen LogP contribution is -2.57. The molecule has 1 unspecified atom stereocenters. The minimum atomic E-state index is -4.63. The number of anilines is 1. The van der Waals surface area contributed by atoms with E-state index >= 15 is 0 Å². The van der Waals surface area contributed by atoms with E-state index in [1.807, 2.05) is 6.92 Å². The van der Waals surface area contributed by atoms with Crippen molar-refractivity contribution in [3.8, 4) is 11.1 Å². The molecule has 0 saturated carbocycles. The fourth-order valence-corrected chi connectivity index (χ4v) is 3.57. The van der Waals surface area contributed by atoms with E-state index in [-0.39, 0.29) is 17.4 Å². The number of likely N-dealkylation sites (N-methyl/N-ethyl adjacent to an activating group) is 1. The summed E-state index contributed by atoms with van der Waals surface area (Å²) in [4.78, 5) is 32.5. The third-order valence-electron chi connectivity index (χ3n) is 5.20. The molecule has 1 aliphatic rings. The standard InChI is InChI=1S/C21H23F3N4O2/c1-3-5-17-20(30)27(2)8-9-28(17)19(29)14-7-4-6-13(10-14)15-11-16(21(22,23)24)18(25)26-12-15/h4,6-7,10-12,17H,3,5,8-9H2,1-2H3,(H2,25,26). The van der Waals surface area contributed by atoms with Gasteiger partial charge in [-0.2, -0.15) is 13.2 Å². The van der Waals surface area contributed by atoms with E-state index in [4.69, 9.17) is 5.73 Å². The molecular formula is C21H23F3N4O2. The summed E-state index contributed by atoms with van der Waals surface area (Å²) in [5.74, 6) is -1.03. The second-order valence-electron chi connectivity index (χ2n) is 7.30. The van der Waals surface area contributed by atoms with Gasteiger partial charge < -0.3 is 15.5 Å². The first kappa shape index (κ1) is 21.6. The summed E-state index contributed by atoms with van der Waals surface area (Å²) in [6.07, 6.45) is -2.10.